The van der Waals surface area contributed by atoms with Gasteiger partial charge in [0, 0.05) is 18.7 Å². The van der Waals surface area contributed by atoms with Crippen LogP contribution in [0.2, 0.25) is 0 Å². The molecule has 116 valence electrons. The molecule has 0 bridgehead atoms. The Balaban J connectivity index is 1.87. The first-order chi connectivity index (χ1) is 10.7. The van der Waals surface area contributed by atoms with Crippen LogP contribution in [0.15, 0.2) is 35.1 Å². The van der Waals surface area contributed by atoms with E-state index >= 15 is 0 Å². The van der Waals surface area contributed by atoms with Gasteiger partial charge in [-0.05, 0) is 44.0 Å². The lowest BCUT2D eigenvalue weighted by molar-refractivity contribution is 0.340. The molecule has 1 saturated carbocycles. The molecule has 6 nitrogen and oxygen atoms in total. The lowest BCUT2D eigenvalue weighted by Gasteiger charge is -2.10. The SMILES string of the molecule is CCOc1ccc(-n2nc(CNC3CC3)c(O)cc2=O)cc1. The fourth-order valence-corrected chi connectivity index (χ4v) is 2.17. The van der Waals surface area contributed by atoms with Gasteiger partial charge in [0.1, 0.15) is 17.2 Å². The number of nitrogens with one attached hydrogen (secondary N) is 1. The second kappa shape index (κ2) is 6.19. The third-order valence-electron chi connectivity index (χ3n) is 3.51. The molecule has 0 amide bonds. The largest absolute Gasteiger partial charge is 0.506 e. The molecule has 1 aliphatic carbocycles. The molecule has 1 aromatic heterocycles. The summed E-state index contributed by atoms with van der Waals surface area (Å²) in [6, 6.07) is 8.84. The molecule has 0 radical (unpaired) electrons. The molecule has 0 saturated heterocycles. The zero-order chi connectivity index (χ0) is 15.5. The van der Waals surface area contributed by atoms with Crippen LogP contribution in [0, 0.1) is 0 Å². The Bertz CT molecular complexity index is 706. The molecule has 22 heavy (non-hydrogen) atoms. The average molecular weight is 301 g/mol. The molecule has 1 heterocycles. The van der Waals surface area contributed by atoms with Gasteiger partial charge in [-0.25, -0.2) is 0 Å². The van der Waals surface area contributed by atoms with Crippen molar-refractivity contribution in [2.24, 2.45) is 0 Å². The molecule has 6 heteroatoms. The van der Waals surface area contributed by atoms with Crippen LogP contribution in [0.3, 0.4) is 0 Å². The summed E-state index contributed by atoms with van der Waals surface area (Å²) in [6.45, 7) is 2.96. The molecule has 1 aliphatic rings. The number of hydrogen-bond donors (Lipinski definition) is 2. The van der Waals surface area contributed by atoms with E-state index in [-0.39, 0.29) is 11.3 Å². The smallest absolute Gasteiger partial charge is 0.275 e. The maximum Gasteiger partial charge on any atom is 0.275 e. The highest BCUT2D eigenvalue weighted by atomic mass is 16.5. The number of benzene rings is 1. The monoisotopic (exact) mass is 301 g/mol. The van der Waals surface area contributed by atoms with E-state index in [2.05, 4.69) is 10.4 Å². The van der Waals surface area contributed by atoms with E-state index < -0.39 is 0 Å². The van der Waals surface area contributed by atoms with Gasteiger partial charge in [-0.3, -0.25) is 4.79 Å². The van der Waals surface area contributed by atoms with Crippen molar-refractivity contribution in [2.75, 3.05) is 6.61 Å². The van der Waals surface area contributed by atoms with E-state index in [9.17, 15) is 9.90 Å². The maximum absolute atomic E-state index is 12.0. The van der Waals surface area contributed by atoms with Crippen LogP contribution in [-0.2, 0) is 6.54 Å². The number of aromatic hydroxyl groups is 1. The minimum Gasteiger partial charge on any atom is -0.506 e. The Morgan fingerprint density at radius 2 is 2.09 bits per heavy atom. The van der Waals surface area contributed by atoms with Crippen molar-refractivity contribution in [3.63, 3.8) is 0 Å². The molecule has 0 unspecified atom stereocenters. The van der Waals surface area contributed by atoms with Crippen LogP contribution >= 0.6 is 0 Å². The molecular formula is C16H19N3O3. The predicted octanol–water partition coefficient (Wildman–Crippen LogP) is 1.59. The third-order valence-corrected chi connectivity index (χ3v) is 3.51. The van der Waals surface area contributed by atoms with Crippen molar-refractivity contribution >= 4 is 0 Å². The fourth-order valence-electron chi connectivity index (χ4n) is 2.17. The minimum absolute atomic E-state index is 0.0691. The Labute approximate surface area is 128 Å². The summed E-state index contributed by atoms with van der Waals surface area (Å²) in [5.41, 5.74) is 0.748. The molecule has 2 aromatic rings. The van der Waals surface area contributed by atoms with E-state index in [1.54, 1.807) is 24.3 Å². The molecule has 2 N–H and O–H groups in total. The van der Waals surface area contributed by atoms with Crippen molar-refractivity contribution in [3.8, 4) is 17.2 Å². The molecule has 3 rings (SSSR count). The van der Waals surface area contributed by atoms with Gasteiger partial charge in [-0.1, -0.05) is 0 Å². The van der Waals surface area contributed by atoms with E-state index in [4.69, 9.17) is 4.74 Å². The van der Waals surface area contributed by atoms with Crippen LogP contribution in [0.25, 0.3) is 5.69 Å². The van der Waals surface area contributed by atoms with E-state index in [0.29, 0.717) is 30.6 Å². The number of aromatic nitrogens is 2. The van der Waals surface area contributed by atoms with Gasteiger partial charge in [0.25, 0.3) is 5.56 Å². The maximum atomic E-state index is 12.0. The number of rotatable bonds is 6. The summed E-state index contributed by atoms with van der Waals surface area (Å²) < 4.78 is 6.67. The van der Waals surface area contributed by atoms with Crippen molar-refractivity contribution in [3.05, 3.63) is 46.4 Å². The lowest BCUT2D eigenvalue weighted by atomic mass is 10.3. The number of ether oxygens (including phenoxy) is 1. The van der Waals surface area contributed by atoms with Gasteiger partial charge in [-0.15, -0.1) is 0 Å². The molecule has 0 aliphatic heterocycles. The molecule has 1 fully saturated rings. The van der Waals surface area contributed by atoms with Gasteiger partial charge in [0.05, 0.1) is 12.3 Å². The highest BCUT2D eigenvalue weighted by Crippen LogP contribution is 2.21. The Morgan fingerprint density at radius 3 is 2.73 bits per heavy atom. The van der Waals surface area contributed by atoms with E-state index in [1.807, 2.05) is 6.92 Å². The standard InChI is InChI=1S/C16H19N3O3/c1-2-22-13-7-5-12(6-8-13)19-16(21)9-15(20)14(18-19)10-17-11-3-4-11/h5-9,11,17,20H,2-4,10H2,1H3. The first-order valence-corrected chi connectivity index (χ1v) is 7.46. The van der Waals surface area contributed by atoms with Crippen LogP contribution < -0.4 is 15.6 Å². The lowest BCUT2D eigenvalue weighted by Crippen LogP contribution is -2.24. The van der Waals surface area contributed by atoms with Crippen LogP contribution in [0.5, 0.6) is 11.5 Å². The normalized spacial score (nSPS) is 14.0. The van der Waals surface area contributed by atoms with Gasteiger partial charge < -0.3 is 15.2 Å². The first kappa shape index (κ1) is 14.6. The molecule has 0 atom stereocenters. The summed E-state index contributed by atoms with van der Waals surface area (Å²) in [5, 5.41) is 17.4. The highest BCUT2D eigenvalue weighted by molar-refractivity contribution is 5.37. The molecular weight excluding hydrogens is 282 g/mol. The van der Waals surface area contributed by atoms with Crippen molar-refractivity contribution < 1.29 is 9.84 Å². The zero-order valence-corrected chi connectivity index (χ0v) is 12.5. The number of nitrogens with zero attached hydrogens (tertiary/aromatic N) is 2. The van der Waals surface area contributed by atoms with Crippen LogP contribution in [0.4, 0.5) is 0 Å². The first-order valence-electron chi connectivity index (χ1n) is 7.46. The average Bonchev–Trinajstić information content (AvgIpc) is 3.32. The Morgan fingerprint density at radius 1 is 1.36 bits per heavy atom. The third kappa shape index (κ3) is 3.28. The predicted molar refractivity (Wildman–Crippen MR) is 82.5 cm³/mol. The summed E-state index contributed by atoms with van der Waals surface area (Å²) in [4.78, 5) is 12.0. The second-order valence-electron chi connectivity index (χ2n) is 5.31. The van der Waals surface area contributed by atoms with Crippen LogP contribution in [-0.4, -0.2) is 27.5 Å². The summed E-state index contributed by atoms with van der Waals surface area (Å²) in [5.74, 6) is 0.675. The summed E-state index contributed by atoms with van der Waals surface area (Å²) in [7, 11) is 0. The Kier molecular flexibility index (Phi) is 4.11. The second-order valence-corrected chi connectivity index (χ2v) is 5.31. The van der Waals surface area contributed by atoms with Crippen molar-refractivity contribution in [1.29, 1.82) is 0 Å². The van der Waals surface area contributed by atoms with Gasteiger partial charge in [0.15, 0.2) is 0 Å². The topological polar surface area (TPSA) is 76.4 Å². The number of hydrogen-bond acceptors (Lipinski definition) is 5. The van der Waals surface area contributed by atoms with Gasteiger partial charge in [-0.2, -0.15) is 9.78 Å². The molecule has 0 spiro atoms. The summed E-state index contributed by atoms with van der Waals surface area (Å²) >= 11 is 0. The van der Waals surface area contributed by atoms with Crippen LogP contribution in [0.1, 0.15) is 25.5 Å². The minimum atomic E-state index is -0.364. The van der Waals surface area contributed by atoms with E-state index in [1.165, 1.54) is 10.7 Å². The zero-order valence-electron chi connectivity index (χ0n) is 12.5. The quantitative estimate of drug-likeness (QED) is 0.847. The van der Waals surface area contributed by atoms with Crippen molar-refractivity contribution in [1.82, 2.24) is 15.1 Å². The highest BCUT2D eigenvalue weighted by Gasteiger charge is 2.21. The fraction of sp³-hybridized carbons (Fsp3) is 0.375. The summed E-state index contributed by atoms with van der Waals surface area (Å²) in [6.07, 6.45) is 2.30. The van der Waals surface area contributed by atoms with Crippen molar-refractivity contribution in [2.45, 2.75) is 32.4 Å². The van der Waals surface area contributed by atoms with Gasteiger partial charge >= 0.3 is 0 Å². The van der Waals surface area contributed by atoms with Gasteiger partial charge in [0.2, 0.25) is 0 Å². The van der Waals surface area contributed by atoms with E-state index in [0.717, 1.165) is 18.6 Å². The molecule has 1 aromatic carbocycles. The Hall–Kier alpha value is -2.34.